The van der Waals surface area contributed by atoms with Crippen LogP contribution in [0.2, 0.25) is 0 Å². The van der Waals surface area contributed by atoms with Crippen LogP contribution in [-0.4, -0.2) is 57.3 Å². The van der Waals surface area contributed by atoms with E-state index >= 15 is 0 Å². The fourth-order valence-electron chi connectivity index (χ4n) is 2.78. The van der Waals surface area contributed by atoms with Gasteiger partial charge in [-0.2, -0.15) is 0 Å². The molecule has 2 unspecified atom stereocenters. The van der Waals surface area contributed by atoms with E-state index < -0.39 is 18.1 Å². The number of rotatable bonds is 7. The fourth-order valence-corrected chi connectivity index (χ4v) is 2.78. The maximum absolute atomic E-state index is 10.7. The molecule has 7 heteroatoms. The Morgan fingerprint density at radius 2 is 1.74 bits per heavy atom. The van der Waals surface area contributed by atoms with E-state index in [1.165, 1.54) is 0 Å². The predicted molar refractivity (Wildman–Crippen MR) is 102 cm³/mol. The molecular weight excluding hydrogens is 346 g/mol. The quantitative estimate of drug-likeness (QED) is 0.555. The summed E-state index contributed by atoms with van der Waals surface area (Å²) in [5.41, 5.74) is 2.88. The third-order valence-electron chi connectivity index (χ3n) is 4.24. The fraction of sp³-hybridized carbons (Fsp3) is 0.200. The van der Waals surface area contributed by atoms with Gasteiger partial charge in [-0.25, -0.2) is 9.79 Å². The second kappa shape index (κ2) is 8.03. The van der Waals surface area contributed by atoms with E-state index in [4.69, 9.17) is 10.5 Å². The van der Waals surface area contributed by atoms with Crippen molar-refractivity contribution in [2.24, 2.45) is 9.98 Å². The first kappa shape index (κ1) is 18.6. The number of aliphatic carboxylic acids is 1. The van der Waals surface area contributed by atoms with Gasteiger partial charge in [0, 0.05) is 17.7 Å². The highest BCUT2D eigenvalue weighted by Crippen LogP contribution is 2.18. The van der Waals surface area contributed by atoms with Gasteiger partial charge in [-0.05, 0) is 11.1 Å². The van der Waals surface area contributed by atoms with Crippen molar-refractivity contribution in [1.29, 1.82) is 5.41 Å². The Morgan fingerprint density at radius 3 is 2.33 bits per heavy atom. The molecule has 0 saturated carbocycles. The highest BCUT2D eigenvalue weighted by molar-refractivity contribution is 6.19. The van der Waals surface area contributed by atoms with Crippen molar-refractivity contribution >= 4 is 23.2 Å². The van der Waals surface area contributed by atoms with Crippen LogP contribution < -0.4 is 0 Å². The van der Waals surface area contributed by atoms with Crippen molar-refractivity contribution in [3.63, 3.8) is 0 Å². The molecule has 0 saturated heterocycles. The summed E-state index contributed by atoms with van der Waals surface area (Å²) in [6.45, 7) is -0.146. The summed E-state index contributed by atoms with van der Waals surface area (Å²) in [6, 6.07) is 15.9. The number of carboxylic acids is 1. The molecule has 0 bridgehead atoms. The lowest BCUT2D eigenvalue weighted by molar-refractivity contribution is -0.146. The Bertz CT molecular complexity index is 905. The third kappa shape index (κ3) is 4.16. The zero-order valence-corrected chi connectivity index (χ0v) is 14.4. The Balaban J connectivity index is 1.80. The standard InChI is InChI=1S/C20H19N3O4/c21-15(10-17(25)20(26)27)12-6-8-14(9-7-12)19-22-16(11-24)18(23-19)13-4-2-1-3-5-13/h1-9,16-17,21,24-25H,10-11H2,(H,26,27). The number of aliphatic imine (C=N–C) groups is 2. The number of aliphatic hydroxyl groups is 2. The van der Waals surface area contributed by atoms with Crippen molar-refractivity contribution in [2.75, 3.05) is 6.61 Å². The zero-order valence-electron chi connectivity index (χ0n) is 14.4. The average molecular weight is 365 g/mol. The van der Waals surface area contributed by atoms with Crippen molar-refractivity contribution < 1.29 is 20.1 Å². The number of nitrogens with one attached hydrogen (secondary N) is 1. The van der Waals surface area contributed by atoms with E-state index in [-0.39, 0.29) is 18.7 Å². The minimum atomic E-state index is -1.60. The molecule has 138 valence electrons. The highest BCUT2D eigenvalue weighted by Gasteiger charge is 2.24. The van der Waals surface area contributed by atoms with Gasteiger partial charge in [0.2, 0.25) is 0 Å². The van der Waals surface area contributed by atoms with Crippen LogP contribution in [0.25, 0.3) is 0 Å². The van der Waals surface area contributed by atoms with Crippen molar-refractivity contribution in [2.45, 2.75) is 18.6 Å². The molecule has 1 heterocycles. The van der Waals surface area contributed by atoms with Crippen LogP contribution in [0.1, 0.15) is 23.1 Å². The van der Waals surface area contributed by atoms with Crippen LogP contribution in [0.15, 0.2) is 64.6 Å². The molecule has 3 rings (SSSR count). The molecule has 0 aromatic heterocycles. The third-order valence-corrected chi connectivity index (χ3v) is 4.24. The molecule has 2 aromatic rings. The molecule has 0 amide bonds. The van der Waals surface area contributed by atoms with E-state index in [1.807, 2.05) is 30.3 Å². The maximum Gasteiger partial charge on any atom is 0.332 e. The maximum atomic E-state index is 10.7. The molecule has 2 atom stereocenters. The van der Waals surface area contributed by atoms with Gasteiger partial charge in [0.1, 0.15) is 6.04 Å². The molecule has 0 spiro atoms. The summed E-state index contributed by atoms with van der Waals surface area (Å²) in [5.74, 6) is -0.856. The lowest BCUT2D eigenvalue weighted by atomic mass is 10.0. The summed E-state index contributed by atoms with van der Waals surface area (Å²) in [5, 5.41) is 35.7. The first-order valence-corrected chi connectivity index (χ1v) is 8.41. The van der Waals surface area contributed by atoms with Gasteiger partial charge >= 0.3 is 5.97 Å². The lowest BCUT2D eigenvalue weighted by Gasteiger charge is -2.08. The summed E-state index contributed by atoms with van der Waals surface area (Å²) >= 11 is 0. The van der Waals surface area contributed by atoms with Gasteiger partial charge in [0.15, 0.2) is 11.9 Å². The number of benzene rings is 2. The lowest BCUT2D eigenvalue weighted by Crippen LogP contribution is -2.23. The summed E-state index contributed by atoms with van der Waals surface area (Å²) in [7, 11) is 0. The normalized spacial score (nSPS) is 17.2. The number of hydrogen-bond acceptors (Lipinski definition) is 6. The number of hydrogen-bond donors (Lipinski definition) is 4. The minimum absolute atomic E-state index is 0.0338. The second-order valence-corrected chi connectivity index (χ2v) is 6.13. The molecule has 2 aromatic carbocycles. The first-order chi connectivity index (χ1) is 13.0. The van der Waals surface area contributed by atoms with Crippen molar-refractivity contribution in [3.05, 3.63) is 71.3 Å². The smallest absolute Gasteiger partial charge is 0.332 e. The topological polar surface area (TPSA) is 126 Å². The molecule has 0 aliphatic carbocycles. The summed E-state index contributed by atoms with van der Waals surface area (Å²) < 4.78 is 0. The average Bonchev–Trinajstić information content (AvgIpc) is 3.13. The number of nitrogens with zero attached hydrogens (tertiary/aromatic N) is 2. The van der Waals surface area contributed by atoms with E-state index in [1.54, 1.807) is 24.3 Å². The van der Waals surface area contributed by atoms with E-state index in [0.717, 1.165) is 11.1 Å². The number of amidine groups is 1. The Hall–Kier alpha value is -3.16. The second-order valence-electron chi connectivity index (χ2n) is 6.13. The van der Waals surface area contributed by atoms with Crippen molar-refractivity contribution in [1.82, 2.24) is 0 Å². The first-order valence-electron chi connectivity index (χ1n) is 8.41. The van der Waals surface area contributed by atoms with Gasteiger partial charge in [0.05, 0.1) is 12.3 Å². The van der Waals surface area contributed by atoms with Crippen LogP contribution in [0, 0.1) is 5.41 Å². The molecule has 7 nitrogen and oxygen atoms in total. The number of carbonyl (C=O) groups is 1. The van der Waals surface area contributed by atoms with Gasteiger partial charge in [-0.15, -0.1) is 0 Å². The van der Waals surface area contributed by atoms with E-state index in [2.05, 4.69) is 9.98 Å². The van der Waals surface area contributed by atoms with Gasteiger partial charge < -0.3 is 20.7 Å². The molecule has 27 heavy (non-hydrogen) atoms. The molecule has 0 radical (unpaired) electrons. The SMILES string of the molecule is N=C(CC(O)C(=O)O)c1ccc(C2=NC(CO)C(c3ccccc3)=N2)cc1. The van der Waals surface area contributed by atoms with Gasteiger partial charge in [-0.1, -0.05) is 54.6 Å². The van der Waals surface area contributed by atoms with Crippen LogP contribution in [-0.2, 0) is 4.79 Å². The van der Waals surface area contributed by atoms with Gasteiger partial charge in [0.25, 0.3) is 0 Å². The monoisotopic (exact) mass is 365 g/mol. The molecular formula is C20H19N3O4. The number of aliphatic hydroxyl groups excluding tert-OH is 2. The van der Waals surface area contributed by atoms with E-state index in [0.29, 0.717) is 17.1 Å². The summed E-state index contributed by atoms with van der Waals surface area (Å²) in [6.07, 6.45) is -1.86. The molecule has 1 aliphatic heterocycles. The molecule has 0 fully saturated rings. The van der Waals surface area contributed by atoms with Crippen LogP contribution in [0.3, 0.4) is 0 Å². The van der Waals surface area contributed by atoms with E-state index in [9.17, 15) is 15.0 Å². The number of carboxylic acid groups (broad SMARTS) is 1. The van der Waals surface area contributed by atoms with Crippen molar-refractivity contribution in [3.8, 4) is 0 Å². The van der Waals surface area contributed by atoms with Gasteiger partial charge in [-0.3, -0.25) is 4.99 Å². The Morgan fingerprint density at radius 1 is 1.07 bits per heavy atom. The molecule has 4 N–H and O–H groups in total. The summed E-state index contributed by atoms with van der Waals surface area (Å²) in [4.78, 5) is 19.7. The minimum Gasteiger partial charge on any atom is -0.479 e. The van der Waals surface area contributed by atoms with Crippen LogP contribution in [0.5, 0.6) is 0 Å². The van der Waals surface area contributed by atoms with Crippen LogP contribution in [0.4, 0.5) is 0 Å². The predicted octanol–water partition coefficient (Wildman–Crippen LogP) is 1.50. The largest absolute Gasteiger partial charge is 0.479 e. The van der Waals surface area contributed by atoms with Crippen LogP contribution >= 0.6 is 0 Å². The Kier molecular flexibility index (Phi) is 5.54. The zero-order chi connectivity index (χ0) is 19.4. The molecule has 1 aliphatic rings. The Labute approximate surface area is 155 Å². The highest BCUT2D eigenvalue weighted by atomic mass is 16.4.